The van der Waals surface area contributed by atoms with E-state index < -0.39 is 12.1 Å². The van der Waals surface area contributed by atoms with Crippen molar-refractivity contribution in [2.24, 2.45) is 5.73 Å². The number of hydrogen-bond acceptors (Lipinski definition) is 3. The lowest BCUT2D eigenvalue weighted by Gasteiger charge is -2.14. The van der Waals surface area contributed by atoms with E-state index in [0.29, 0.717) is 0 Å². The summed E-state index contributed by atoms with van der Waals surface area (Å²) in [6.07, 6.45) is -3.89. The van der Waals surface area contributed by atoms with Crippen LogP contribution in [0.3, 0.4) is 0 Å². The van der Waals surface area contributed by atoms with Crippen LogP contribution in [0.15, 0.2) is 6.20 Å². The number of rotatable bonds is 2. The zero-order chi connectivity index (χ0) is 11.6. The van der Waals surface area contributed by atoms with Gasteiger partial charge in [-0.25, -0.2) is 4.98 Å². The Labute approximate surface area is 92.9 Å². The maximum absolute atomic E-state index is 12.0. The summed E-state index contributed by atoms with van der Waals surface area (Å²) in [5, 5.41) is -0.460. The third-order valence-corrected chi connectivity index (χ3v) is 2.05. The molecule has 0 aliphatic heterocycles. The highest BCUT2D eigenvalue weighted by Crippen LogP contribution is 2.35. The molecule has 84 valence electrons. The Hall–Kier alpha value is -0.720. The van der Waals surface area contributed by atoms with Crippen LogP contribution in [0.2, 0.25) is 10.2 Å². The summed E-state index contributed by atoms with van der Waals surface area (Å²) < 4.78 is 39.7. The average molecular weight is 261 g/mol. The third kappa shape index (κ3) is 3.12. The number of alkyl halides is 3. The van der Waals surface area contributed by atoms with E-state index in [4.69, 9.17) is 28.9 Å². The Bertz CT molecular complexity index is 370. The number of nitrogens with zero attached hydrogens (tertiary/aromatic N) is 1. The molecule has 15 heavy (non-hydrogen) atoms. The van der Waals surface area contributed by atoms with Gasteiger partial charge in [-0.2, -0.15) is 0 Å². The molecule has 2 N–H and O–H groups in total. The van der Waals surface area contributed by atoms with Crippen LogP contribution in [-0.2, 0) is 6.54 Å². The molecule has 8 heteroatoms. The zero-order valence-corrected chi connectivity index (χ0v) is 8.62. The van der Waals surface area contributed by atoms with Gasteiger partial charge in [0, 0.05) is 12.1 Å². The van der Waals surface area contributed by atoms with Crippen molar-refractivity contribution in [2.75, 3.05) is 0 Å². The maximum Gasteiger partial charge on any atom is 0.573 e. The van der Waals surface area contributed by atoms with Gasteiger partial charge in [-0.05, 0) is 0 Å². The normalized spacial score (nSPS) is 11.6. The van der Waals surface area contributed by atoms with Crippen LogP contribution in [0, 0.1) is 0 Å². The van der Waals surface area contributed by atoms with E-state index in [1.54, 1.807) is 0 Å². The van der Waals surface area contributed by atoms with Crippen LogP contribution in [0.25, 0.3) is 0 Å². The van der Waals surface area contributed by atoms with Gasteiger partial charge in [-0.15, -0.1) is 13.2 Å². The van der Waals surface area contributed by atoms with Crippen molar-refractivity contribution in [1.82, 2.24) is 4.98 Å². The fourth-order valence-electron chi connectivity index (χ4n) is 0.891. The summed E-state index contributed by atoms with van der Waals surface area (Å²) in [4.78, 5) is 3.55. The zero-order valence-electron chi connectivity index (χ0n) is 7.11. The molecule has 0 saturated carbocycles. The van der Waals surface area contributed by atoms with E-state index in [-0.39, 0.29) is 22.3 Å². The van der Waals surface area contributed by atoms with E-state index in [1.807, 2.05) is 0 Å². The van der Waals surface area contributed by atoms with Crippen molar-refractivity contribution in [3.05, 3.63) is 21.9 Å². The minimum absolute atomic E-state index is 0.0820. The molecule has 1 aromatic rings. The average Bonchev–Trinajstić information content (AvgIpc) is 2.10. The van der Waals surface area contributed by atoms with Gasteiger partial charge in [0.05, 0.1) is 6.20 Å². The predicted octanol–water partition coefficient (Wildman–Crippen LogP) is 2.75. The van der Waals surface area contributed by atoms with Crippen LogP contribution < -0.4 is 10.5 Å². The van der Waals surface area contributed by atoms with Gasteiger partial charge in [0.15, 0.2) is 5.75 Å². The SMILES string of the molecule is NCc1c(Cl)ncc(Cl)c1OC(F)(F)F. The first kappa shape index (κ1) is 12.4. The molecule has 1 aromatic heterocycles. The van der Waals surface area contributed by atoms with Crippen LogP contribution in [0.5, 0.6) is 5.75 Å². The molecule has 0 aliphatic carbocycles. The molecule has 1 heterocycles. The number of aromatic nitrogens is 1. The number of ether oxygens (including phenoxy) is 1. The number of pyridine rings is 1. The van der Waals surface area contributed by atoms with Crippen LogP contribution in [-0.4, -0.2) is 11.3 Å². The largest absolute Gasteiger partial charge is 0.573 e. The first-order valence-electron chi connectivity index (χ1n) is 3.64. The summed E-state index contributed by atoms with van der Waals surface area (Å²) in [5.74, 6) is -0.605. The minimum atomic E-state index is -4.85. The van der Waals surface area contributed by atoms with Gasteiger partial charge in [0.25, 0.3) is 0 Å². The molecule has 0 aliphatic rings. The molecule has 0 unspecified atom stereocenters. The molecule has 0 aromatic carbocycles. The fraction of sp³-hybridized carbons (Fsp3) is 0.286. The van der Waals surface area contributed by atoms with E-state index in [1.165, 1.54) is 0 Å². The Kier molecular flexibility index (Phi) is 3.64. The summed E-state index contributed by atoms with van der Waals surface area (Å²) in [6.45, 7) is -0.252. The van der Waals surface area contributed by atoms with E-state index in [2.05, 4.69) is 9.72 Å². The van der Waals surface area contributed by atoms with Crippen molar-refractivity contribution < 1.29 is 17.9 Å². The number of halogens is 5. The van der Waals surface area contributed by atoms with Crippen LogP contribution in [0.4, 0.5) is 13.2 Å². The highest BCUT2D eigenvalue weighted by Gasteiger charge is 2.33. The Morgan fingerprint density at radius 2 is 2.00 bits per heavy atom. The lowest BCUT2D eigenvalue weighted by Crippen LogP contribution is -2.19. The van der Waals surface area contributed by atoms with E-state index in [9.17, 15) is 13.2 Å². The molecule has 0 atom stereocenters. The molecule has 0 saturated heterocycles. The molecule has 0 amide bonds. The van der Waals surface area contributed by atoms with Crippen molar-refractivity contribution in [2.45, 2.75) is 12.9 Å². The van der Waals surface area contributed by atoms with Gasteiger partial charge in [0.2, 0.25) is 0 Å². The molecular formula is C7H5Cl2F3N2O. The molecular weight excluding hydrogens is 256 g/mol. The second kappa shape index (κ2) is 4.42. The second-order valence-electron chi connectivity index (χ2n) is 2.46. The summed E-state index contributed by atoms with van der Waals surface area (Å²) in [6, 6.07) is 0. The summed E-state index contributed by atoms with van der Waals surface area (Å²) >= 11 is 11.0. The molecule has 0 fully saturated rings. The smallest absolute Gasteiger partial charge is 0.404 e. The molecule has 0 bridgehead atoms. The lowest BCUT2D eigenvalue weighted by atomic mass is 10.2. The fourth-order valence-corrected chi connectivity index (χ4v) is 1.30. The van der Waals surface area contributed by atoms with Crippen LogP contribution >= 0.6 is 23.2 Å². The summed E-state index contributed by atoms with van der Waals surface area (Å²) in [5.41, 5.74) is 5.13. The first-order chi connectivity index (χ1) is 6.85. The topological polar surface area (TPSA) is 48.1 Å². The van der Waals surface area contributed by atoms with Gasteiger partial charge in [-0.1, -0.05) is 23.2 Å². The summed E-state index contributed by atoms with van der Waals surface area (Å²) in [7, 11) is 0. The quantitative estimate of drug-likeness (QED) is 0.832. The maximum atomic E-state index is 12.0. The van der Waals surface area contributed by atoms with Crippen molar-refractivity contribution in [3.8, 4) is 5.75 Å². The number of hydrogen-bond donors (Lipinski definition) is 1. The molecule has 0 spiro atoms. The second-order valence-corrected chi connectivity index (χ2v) is 3.22. The standard InChI is InChI=1S/C7H5Cl2F3N2O/c8-4-2-14-6(9)3(1-13)5(4)15-7(10,11)12/h2H,1,13H2. The van der Waals surface area contributed by atoms with Gasteiger partial charge in [0.1, 0.15) is 10.2 Å². The predicted molar refractivity (Wildman–Crippen MR) is 48.8 cm³/mol. The van der Waals surface area contributed by atoms with Crippen molar-refractivity contribution >= 4 is 23.2 Å². The monoisotopic (exact) mass is 260 g/mol. The highest BCUT2D eigenvalue weighted by molar-refractivity contribution is 6.34. The van der Waals surface area contributed by atoms with Crippen LogP contribution in [0.1, 0.15) is 5.56 Å². The van der Waals surface area contributed by atoms with Gasteiger partial charge >= 0.3 is 6.36 Å². The Morgan fingerprint density at radius 3 is 2.47 bits per heavy atom. The minimum Gasteiger partial charge on any atom is -0.404 e. The van der Waals surface area contributed by atoms with Crippen molar-refractivity contribution in [3.63, 3.8) is 0 Å². The highest BCUT2D eigenvalue weighted by atomic mass is 35.5. The van der Waals surface area contributed by atoms with Gasteiger partial charge in [-0.3, -0.25) is 0 Å². The van der Waals surface area contributed by atoms with Crippen molar-refractivity contribution in [1.29, 1.82) is 0 Å². The molecule has 3 nitrogen and oxygen atoms in total. The Morgan fingerprint density at radius 1 is 1.40 bits per heavy atom. The lowest BCUT2D eigenvalue weighted by molar-refractivity contribution is -0.274. The molecule has 0 radical (unpaired) electrons. The van der Waals surface area contributed by atoms with E-state index in [0.717, 1.165) is 6.20 Å². The number of nitrogens with two attached hydrogens (primary N) is 1. The molecule has 1 rings (SSSR count). The van der Waals surface area contributed by atoms with E-state index >= 15 is 0 Å². The Balaban J connectivity index is 3.20. The first-order valence-corrected chi connectivity index (χ1v) is 4.39. The third-order valence-electron chi connectivity index (χ3n) is 1.45. The van der Waals surface area contributed by atoms with Gasteiger partial charge < -0.3 is 10.5 Å².